The van der Waals surface area contributed by atoms with Crippen LogP contribution < -0.4 is 10.2 Å². The van der Waals surface area contributed by atoms with Gasteiger partial charge in [0.25, 0.3) is 5.91 Å². The number of benzene rings is 4. The van der Waals surface area contributed by atoms with Gasteiger partial charge in [0, 0.05) is 46.4 Å². The summed E-state index contributed by atoms with van der Waals surface area (Å²) in [4.78, 5) is 49.3. The molecule has 5 aromatic rings. The molecule has 0 aliphatic carbocycles. The largest absolute Gasteiger partial charge is 0.394 e. The highest BCUT2D eigenvalue weighted by molar-refractivity contribution is 6.72. The average Bonchev–Trinajstić information content (AvgIpc) is 3.77. The highest BCUT2D eigenvalue weighted by Gasteiger charge is 2.67. The van der Waals surface area contributed by atoms with E-state index in [9.17, 15) is 19.5 Å². The van der Waals surface area contributed by atoms with Crippen LogP contribution in [0.3, 0.4) is 0 Å². The molecule has 1 fully saturated rings. The van der Waals surface area contributed by atoms with Crippen molar-refractivity contribution in [2.45, 2.75) is 75.7 Å². The number of carbonyl (C=O) groups is 3. The third-order valence-corrected chi connectivity index (χ3v) is 14.2. The maximum Gasteiger partial charge on any atom is 0.264 e. The van der Waals surface area contributed by atoms with Crippen LogP contribution in [-0.4, -0.2) is 59.9 Å². The normalized spacial score (nSPS) is 23.5. The zero-order valence-electron chi connectivity index (χ0n) is 30.7. The van der Waals surface area contributed by atoms with Gasteiger partial charge >= 0.3 is 0 Å². The third-order valence-electron chi connectivity index (χ3n) is 11.7. The number of anilines is 2. The summed E-state index contributed by atoms with van der Waals surface area (Å²) in [6.07, 6.45) is 1.49. The zero-order valence-corrected chi connectivity index (χ0v) is 31.7. The van der Waals surface area contributed by atoms with E-state index in [4.69, 9.17) is 4.74 Å². The minimum absolute atomic E-state index is 0.127. The van der Waals surface area contributed by atoms with Crippen LogP contribution in [0.25, 0.3) is 10.9 Å². The van der Waals surface area contributed by atoms with Crippen LogP contribution in [0.4, 0.5) is 15.5 Å². The topological polar surface area (TPSA) is 115 Å². The first-order chi connectivity index (χ1) is 26.0. The minimum Gasteiger partial charge on any atom is -0.394 e. The van der Waals surface area contributed by atoms with E-state index in [0.29, 0.717) is 29.9 Å². The lowest BCUT2D eigenvalue weighted by atomic mass is 9.82. The molecule has 4 heterocycles. The van der Waals surface area contributed by atoms with Crippen LogP contribution >= 0.6 is 0 Å². The van der Waals surface area contributed by atoms with Gasteiger partial charge in [-0.1, -0.05) is 79.7 Å². The number of para-hydroxylation sites is 1. The maximum absolute atomic E-state index is 16.7. The van der Waals surface area contributed by atoms with Crippen molar-refractivity contribution in [2.75, 3.05) is 16.8 Å². The Balaban J connectivity index is 1.14. The van der Waals surface area contributed by atoms with E-state index in [2.05, 4.69) is 10.3 Å². The predicted molar refractivity (Wildman–Crippen MR) is 209 cm³/mol. The fraction of sp³-hybridized carbons (Fsp3) is 0.326. The Morgan fingerprint density at radius 3 is 2.48 bits per heavy atom. The van der Waals surface area contributed by atoms with Crippen molar-refractivity contribution in [3.05, 3.63) is 131 Å². The van der Waals surface area contributed by atoms with Gasteiger partial charge in [0.1, 0.15) is 0 Å². The molecule has 9 nitrogen and oxygen atoms in total. The molecule has 1 spiro atoms. The first kappa shape index (κ1) is 35.9. The fourth-order valence-corrected chi connectivity index (χ4v) is 11.7. The minimum atomic E-state index is -3.58. The summed E-state index contributed by atoms with van der Waals surface area (Å²) in [5.41, 5.74) is 4.23. The van der Waals surface area contributed by atoms with Crippen molar-refractivity contribution >= 4 is 48.4 Å². The smallest absolute Gasteiger partial charge is 0.264 e. The monoisotopic (exact) mass is 744 g/mol. The van der Waals surface area contributed by atoms with Gasteiger partial charge in [0.2, 0.25) is 20.2 Å². The number of ether oxygens (including phenoxy) is 1. The molecule has 5 atom stereocenters. The molecule has 8 rings (SSSR count). The van der Waals surface area contributed by atoms with Crippen LogP contribution in [0.15, 0.2) is 103 Å². The van der Waals surface area contributed by atoms with Crippen molar-refractivity contribution in [1.82, 2.24) is 9.88 Å². The van der Waals surface area contributed by atoms with Gasteiger partial charge in [-0.05, 0) is 66.0 Å². The van der Waals surface area contributed by atoms with Crippen molar-refractivity contribution in [3.8, 4) is 0 Å². The lowest BCUT2D eigenvalue weighted by Gasteiger charge is -2.37. The lowest BCUT2D eigenvalue weighted by Crippen LogP contribution is -2.48. The number of H-pyrrole nitrogens is 1. The molecule has 4 aromatic carbocycles. The number of nitrogens with one attached hydrogen (secondary N) is 2. The summed E-state index contributed by atoms with van der Waals surface area (Å²) in [5.74, 6) is -1.40. The Morgan fingerprint density at radius 2 is 1.72 bits per heavy atom. The number of aromatic amines is 1. The van der Waals surface area contributed by atoms with Crippen LogP contribution in [0, 0.1) is 5.92 Å². The molecular formula is C43H45FN4O5Si. The predicted octanol–water partition coefficient (Wildman–Crippen LogP) is 7.01. The second-order valence-corrected chi connectivity index (χ2v) is 19.3. The van der Waals surface area contributed by atoms with Gasteiger partial charge in [-0.3, -0.25) is 14.4 Å². The standard InChI is InChI=1S/C43H45FN4O5Si/c1-27-41(54(2,3)44)38(22-40(51)47-25-30-14-8-7-13-29(30)19-33(47)26-49)53-43(27)35-21-32(46-39(50)20-31-23-45-36-16-10-9-15-34(31)36)17-18-37(35)48(42(43)52)24-28-11-5-4-6-12-28/h4-18,21,23,27,33,38,41,45,49H,19-20,22,24-26H2,1-3H3,(H,46,50)/t27-,33-,38+,41-,43+/m0/s1. The Bertz CT molecular complexity index is 2240. The van der Waals surface area contributed by atoms with E-state index < -0.39 is 37.6 Å². The van der Waals surface area contributed by atoms with Crippen LogP contribution in [0.1, 0.15) is 41.2 Å². The van der Waals surface area contributed by atoms with E-state index >= 15 is 4.11 Å². The number of rotatable bonds is 9. The molecular weight excluding hydrogens is 700 g/mol. The third kappa shape index (κ3) is 6.23. The highest BCUT2D eigenvalue weighted by Crippen LogP contribution is 2.60. The Morgan fingerprint density at radius 1 is 1.00 bits per heavy atom. The molecule has 1 aromatic heterocycles. The Hall–Kier alpha value is -5.10. The number of fused-ring (bicyclic) bond motifs is 4. The number of amides is 3. The molecule has 3 aliphatic heterocycles. The molecule has 0 radical (unpaired) electrons. The molecule has 54 heavy (non-hydrogen) atoms. The molecule has 3 N–H and O–H groups in total. The van der Waals surface area contributed by atoms with Crippen LogP contribution in [0.5, 0.6) is 0 Å². The fourth-order valence-electron chi connectivity index (χ4n) is 9.24. The van der Waals surface area contributed by atoms with Gasteiger partial charge in [-0.15, -0.1) is 0 Å². The number of carbonyl (C=O) groups excluding carboxylic acids is 3. The first-order valence-corrected chi connectivity index (χ1v) is 21.6. The number of aliphatic hydroxyl groups is 1. The summed E-state index contributed by atoms with van der Waals surface area (Å²) in [6.45, 7) is 5.51. The van der Waals surface area contributed by atoms with E-state index in [0.717, 1.165) is 33.2 Å². The quantitative estimate of drug-likeness (QED) is 0.111. The van der Waals surface area contributed by atoms with E-state index in [1.165, 1.54) is 0 Å². The van der Waals surface area contributed by atoms with E-state index in [1.54, 1.807) is 35.0 Å². The van der Waals surface area contributed by atoms with Gasteiger partial charge in [-0.2, -0.15) is 0 Å². The zero-order chi connectivity index (χ0) is 37.8. The Kier molecular flexibility index (Phi) is 9.27. The van der Waals surface area contributed by atoms with Gasteiger partial charge < -0.3 is 34.1 Å². The molecule has 11 heteroatoms. The van der Waals surface area contributed by atoms with E-state index in [-0.39, 0.29) is 43.7 Å². The lowest BCUT2D eigenvalue weighted by molar-refractivity contribution is -0.151. The van der Waals surface area contributed by atoms with Crippen LogP contribution in [-0.2, 0) is 50.7 Å². The SMILES string of the molecule is C[C@H]1[C@H]([Si](C)(C)F)[C@@H](CC(=O)N2Cc3ccccc3C[C@H]2CO)O[C@]12C(=O)N(Cc1ccccc1)c1ccc(NC(=O)Cc3c[nH]c4ccccc34)cc12. The van der Waals surface area contributed by atoms with Gasteiger partial charge in [-0.25, -0.2) is 0 Å². The molecule has 3 aliphatic rings. The molecule has 0 unspecified atom stereocenters. The summed E-state index contributed by atoms with van der Waals surface area (Å²) in [7, 11) is -3.58. The highest BCUT2D eigenvalue weighted by atomic mass is 28.4. The summed E-state index contributed by atoms with van der Waals surface area (Å²) in [6, 6.07) is 30.3. The maximum atomic E-state index is 16.7. The van der Waals surface area contributed by atoms with Crippen LogP contribution in [0.2, 0.25) is 18.6 Å². The van der Waals surface area contributed by atoms with Gasteiger partial charge in [0.05, 0.1) is 43.8 Å². The molecule has 0 bridgehead atoms. The second-order valence-electron chi connectivity index (χ2n) is 15.5. The molecule has 278 valence electrons. The summed E-state index contributed by atoms with van der Waals surface area (Å²) >= 11 is 0. The Labute approximate surface area is 315 Å². The van der Waals surface area contributed by atoms with Crippen molar-refractivity contribution in [1.29, 1.82) is 0 Å². The van der Waals surface area contributed by atoms with Crippen molar-refractivity contribution < 1.29 is 28.3 Å². The second kappa shape index (κ2) is 14.0. The number of hydrogen-bond acceptors (Lipinski definition) is 5. The number of aliphatic hydroxyl groups excluding tert-OH is 1. The number of nitrogens with zero attached hydrogens (tertiary/aromatic N) is 2. The molecule has 1 saturated heterocycles. The van der Waals surface area contributed by atoms with E-state index in [1.807, 2.05) is 98.0 Å². The molecule has 0 saturated carbocycles. The number of aromatic nitrogens is 1. The van der Waals surface area contributed by atoms with Gasteiger partial charge in [0.15, 0.2) is 5.60 Å². The first-order valence-electron chi connectivity index (χ1n) is 18.7. The average molecular weight is 745 g/mol. The number of hydrogen-bond donors (Lipinski definition) is 3. The number of halogens is 1. The van der Waals surface area contributed by atoms with Crippen molar-refractivity contribution in [2.24, 2.45) is 5.92 Å². The van der Waals surface area contributed by atoms with Crippen molar-refractivity contribution in [3.63, 3.8) is 0 Å². The molecule has 3 amide bonds. The summed E-state index contributed by atoms with van der Waals surface area (Å²) in [5, 5.41) is 14.3. The summed E-state index contributed by atoms with van der Waals surface area (Å²) < 4.78 is 23.6.